The van der Waals surface area contributed by atoms with Crippen molar-refractivity contribution in [2.24, 2.45) is 0 Å². The molecule has 8 heteroatoms. The Bertz CT molecular complexity index is 645. The summed E-state index contributed by atoms with van der Waals surface area (Å²) in [6.07, 6.45) is 0. The van der Waals surface area contributed by atoms with Crippen molar-refractivity contribution in [2.75, 3.05) is 20.0 Å². The van der Waals surface area contributed by atoms with Crippen molar-refractivity contribution < 1.29 is 14.3 Å². The van der Waals surface area contributed by atoms with Gasteiger partial charge in [-0.15, -0.1) is 10.2 Å². The van der Waals surface area contributed by atoms with Crippen LogP contribution in [-0.2, 0) is 0 Å². The van der Waals surface area contributed by atoms with Crippen molar-refractivity contribution in [3.8, 4) is 11.5 Å². The van der Waals surface area contributed by atoms with Gasteiger partial charge in [-0.2, -0.15) is 0 Å². The van der Waals surface area contributed by atoms with Crippen molar-refractivity contribution >= 4 is 34.0 Å². The van der Waals surface area contributed by atoms with Gasteiger partial charge in [-0.1, -0.05) is 23.1 Å². The van der Waals surface area contributed by atoms with E-state index in [0.29, 0.717) is 26.5 Å². The van der Waals surface area contributed by atoms with Crippen LogP contribution in [0, 0.1) is 0 Å². The second-order valence-corrected chi connectivity index (χ2v) is 6.70. The highest BCUT2D eigenvalue weighted by Crippen LogP contribution is 2.32. The molecular weight excluding hydrogens is 310 g/mol. The van der Waals surface area contributed by atoms with Gasteiger partial charge in [0, 0.05) is 5.56 Å². The molecule has 0 radical (unpaired) electrons. The maximum absolute atomic E-state index is 12.4. The van der Waals surface area contributed by atoms with Gasteiger partial charge in [-0.3, -0.25) is 4.79 Å². The largest absolute Gasteiger partial charge is 0.493 e. The first-order valence-electron chi connectivity index (χ1n) is 6.07. The molecule has 0 saturated heterocycles. The number of aromatic nitrogens is 2. The molecule has 0 aliphatic rings. The Morgan fingerprint density at radius 2 is 2.00 bits per heavy atom. The summed E-state index contributed by atoms with van der Waals surface area (Å²) in [4.78, 5) is 12.4. The highest BCUT2D eigenvalue weighted by Gasteiger charge is 2.20. The van der Waals surface area contributed by atoms with E-state index in [1.54, 1.807) is 25.3 Å². The summed E-state index contributed by atoms with van der Waals surface area (Å²) in [7, 11) is 3.09. The van der Waals surface area contributed by atoms with E-state index in [4.69, 9.17) is 15.2 Å². The number of hydrogen-bond acceptors (Lipinski definition) is 8. The van der Waals surface area contributed by atoms with Gasteiger partial charge in [0.2, 0.25) is 5.13 Å². The van der Waals surface area contributed by atoms with Crippen molar-refractivity contribution in [1.29, 1.82) is 0 Å². The number of methoxy groups -OCH3 is 2. The van der Waals surface area contributed by atoms with Crippen molar-refractivity contribution in [3.05, 3.63) is 23.8 Å². The molecule has 0 amide bonds. The predicted octanol–water partition coefficient (Wildman–Crippen LogP) is 2.50. The number of carbonyl (C=O) groups is 1. The summed E-state index contributed by atoms with van der Waals surface area (Å²) in [5.41, 5.74) is 6.09. The molecule has 6 nitrogen and oxygen atoms in total. The molecule has 0 aliphatic heterocycles. The van der Waals surface area contributed by atoms with Crippen LogP contribution >= 0.6 is 23.1 Å². The Balaban J connectivity index is 2.15. The Hall–Kier alpha value is -1.80. The van der Waals surface area contributed by atoms with E-state index in [-0.39, 0.29) is 11.0 Å². The van der Waals surface area contributed by atoms with Crippen LogP contribution in [0.2, 0.25) is 0 Å². The van der Waals surface area contributed by atoms with Crippen molar-refractivity contribution in [3.63, 3.8) is 0 Å². The van der Waals surface area contributed by atoms with Gasteiger partial charge in [0.05, 0.1) is 19.5 Å². The van der Waals surface area contributed by atoms with Crippen LogP contribution in [0.25, 0.3) is 0 Å². The summed E-state index contributed by atoms with van der Waals surface area (Å²) < 4.78 is 11.0. The number of anilines is 1. The topological polar surface area (TPSA) is 87.3 Å². The third-order valence-corrected chi connectivity index (χ3v) is 4.67. The summed E-state index contributed by atoms with van der Waals surface area (Å²) in [5.74, 6) is 1.10. The lowest BCUT2D eigenvalue weighted by Crippen LogP contribution is -2.13. The number of benzene rings is 1. The first-order valence-corrected chi connectivity index (χ1v) is 7.76. The fraction of sp³-hybridized carbons (Fsp3) is 0.308. The van der Waals surface area contributed by atoms with Gasteiger partial charge in [0.25, 0.3) is 0 Å². The van der Waals surface area contributed by atoms with Crippen LogP contribution in [0.5, 0.6) is 11.5 Å². The molecule has 0 unspecified atom stereocenters. The number of hydrogen-bond donors (Lipinski definition) is 1. The average molecular weight is 325 g/mol. The first kappa shape index (κ1) is 15.6. The Morgan fingerprint density at radius 1 is 1.29 bits per heavy atom. The van der Waals surface area contributed by atoms with E-state index < -0.39 is 0 Å². The van der Waals surface area contributed by atoms with Gasteiger partial charge in [0.1, 0.15) is 0 Å². The number of nitrogen functional groups attached to an aromatic ring is 1. The minimum absolute atomic E-state index is 0.0188. The number of carbonyl (C=O) groups excluding carboxylic acids is 1. The second-order valence-electron chi connectivity index (χ2n) is 4.10. The van der Waals surface area contributed by atoms with E-state index >= 15 is 0 Å². The number of Topliss-reactive ketones (excluding diaryl/α,β-unsaturated/α-hetero) is 1. The molecule has 1 aromatic carbocycles. The van der Waals surface area contributed by atoms with E-state index in [1.807, 2.05) is 6.92 Å². The monoisotopic (exact) mass is 325 g/mol. The van der Waals surface area contributed by atoms with Gasteiger partial charge in [-0.05, 0) is 25.1 Å². The lowest BCUT2D eigenvalue weighted by Gasteiger charge is -2.11. The normalized spacial score (nSPS) is 12.0. The summed E-state index contributed by atoms with van der Waals surface area (Å²) in [6, 6.07) is 5.11. The Morgan fingerprint density at radius 3 is 2.57 bits per heavy atom. The van der Waals surface area contributed by atoms with Gasteiger partial charge in [0.15, 0.2) is 21.6 Å². The SMILES string of the molecule is COc1ccc(C(=O)[C@H](C)Sc2nnc(N)s2)cc1OC. The Kier molecular flexibility index (Phi) is 5.03. The second kappa shape index (κ2) is 6.77. The average Bonchev–Trinajstić information content (AvgIpc) is 2.90. The molecule has 1 atom stereocenters. The molecular formula is C13H15N3O3S2. The van der Waals surface area contributed by atoms with E-state index in [0.717, 1.165) is 0 Å². The quantitative estimate of drug-likeness (QED) is 0.645. The summed E-state index contributed by atoms with van der Waals surface area (Å²) >= 11 is 2.60. The van der Waals surface area contributed by atoms with Crippen LogP contribution in [0.1, 0.15) is 17.3 Å². The Labute approximate surface area is 130 Å². The standard InChI is InChI=1S/C13H15N3O3S2/c1-7(20-13-16-15-12(14)21-13)11(17)8-4-5-9(18-2)10(6-8)19-3/h4-7H,1-3H3,(H2,14,15)/t7-/m0/s1. The van der Waals surface area contributed by atoms with E-state index in [2.05, 4.69) is 10.2 Å². The number of ether oxygens (including phenoxy) is 2. The lowest BCUT2D eigenvalue weighted by atomic mass is 10.1. The number of thioether (sulfide) groups is 1. The highest BCUT2D eigenvalue weighted by atomic mass is 32.2. The van der Waals surface area contributed by atoms with Crippen LogP contribution in [0.15, 0.2) is 22.5 Å². The fourth-order valence-electron chi connectivity index (χ4n) is 1.70. The maximum Gasteiger partial charge on any atom is 0.203 e. The first-order chi connectivity index (χ1) is 10.0. The fourth-order valence-corrected chi connectivity index (χ4v) is 3.55. The zero-order valence-corrected chi connectivity index (χ0v) is 13.5. The predicted molar refractivity (Wildman–Crippen MR) is 83.5 cm³/mol. The van der Waals surface area contributed by atoms with E-state index in [1.165, 1.54) is 30.2 Å². The number of ketones is 1. The van der Waals surface area contributed by atoms with Crippen LogP contribution in [-0.4, -0.2) is 35.5 Å². The molecule has 0 saturated carbocycles. The molecule has 1 aromatic heterocycles. The van der Waals surface area contributed by atoms with E-state index in [9.17, 15) is 4.79 Å². The van der Waals surface area contributed by atoms with Crippen LogP contribution in [0.4, 0.5) is 5.13 Å². The smallest absolute Gasteiger partial charge is 0.203 e. The molecule has 2 N–H and O–H groups in total. The zero-order valence-electron chi connectivity index (χ0n) is 11.8. The number of rotatable bonds is 6. The number of nitrogens with zero attached hydrogens (tertiary/aromatic N) is 2. The molecule has 0 bridgehead atoms. The molecule has 2 aromatic rings. The van der Waals surface area contributed by atoms with Crippen LogP contribution < -0.4 is 15.2 Å². The highest BCUT2D eigenvalue weighted by molar-refractivity contribution is 8.02. The maximum atomic E-state index is 12.4. The molecule has 1 heterocycles. The van der Waals surface area contributed by atoms with Crippen LogP contribution in [0.3, 0.4) is 0 Å². The summed E-state index contributed by atoms with van der Waals surface area (Å²) in [5, 5.41) is 7.73. The molecule has 112 valence electrons. The van der Waals surface area contributed by atoms with Gasteiger partial charge < -0.3 is 15.2 Å². The molecule has 0 fully saturated rings. The van der Waals surface area contributed by atoms with Crippen molar-refractivity contribution in [2.45, 2.75) is 16.5 Å². The van der Waals surface area contributed by atoms with Gasteiger partial charge in [-0.25, -0.2) is 0 Å². The molecule has 21 heavy (non-hydrogen) atoms. The minimum Gasteiger partial charge on any atom is -0.493 e. The molecule has 0 aliphatic carbocycles. The minimum atomic E-state index is -0.296. The third kappa shape index (κ3) is 3.64. The van der Waals surface area contributed by atoms with Gasteiger partial charge >= 0.3 is 0 Å². The lowest BCUT2D eigenvalue weighted by molar-refractivity contribution is 0.0993. The molecule has 0 spiro atoms. The number of nitrogens with two attached hydrogens (primary N) is 1. The third-order valence-electron chi connectivity index (χ3n) is 2.74. The van der Waals surface area contributed by atoms with Crippen molar-refractivity contribution in [1.82, 2.24) is 10.2 Å². The zero-order chi connectivity index (χ0) is 15.4. The molecule has 2 rings (SSSR count). The summed E-state index contributed by atoms with van der Waals surface area (Å²) in [6.45, 7) is 1.82.